The molecule has 0 bridgehead atoms. The summed E-state index contributed by atoms with van der Waals surface area (Å²) in [6.07, 6.45) is 1.93. The van der Waals surface area contributed by atoms with Crippen LogP contribution < -0.4 is 4.74 Å². The molecule has 2 aliphatic heterocycles. The fourth-order valence-electron chi connectivity index (χ4n) is 4.08. The predicted octanol–water partition coefficient (Wildman–Crippen LogP) is 2.34. The highest BCUT2D eigenvalue weighted by Crippen LogP contribution is 2.33. The molecule has 2 aromatic rings. The Morgan fingerprint density at radius 3 is 2.76 bits per heavy atom. The van der Waals surface area contributed by atoms with Gasteiger partial charge in [-0.3, -0.25) is 14.4 Å². The number of hydrogen-bond donors (Lipinski definition) is 0. The minimum Gasteiger partial charge on any atom is -0.492 e. The van der Waals surface area contributed by atoms with Gasteiger partial charge < -0.3 is 14.4 Å². The summed E-state index contributed by atoms with van der Waals surface area (Å²) in [6, 6.07) is 9.98. The Kier molecular flexibility index (Phi) is 5.61. The quantitative estimate of drug-likeness (QED) is 0.774. The number of likely N-dealkylation sites (tertiary alicyclic amines) is 1. The predicted molar refractivity (Wildman–Crippen MR) is 110 cm³/mol. The van der Waals surface area contributed by atoms with Crippen LogP contribution in [-0.4, -0.2) is 71.4 Å². The maximum Gasteiger partial charge on any atom is 0.273 e. The molecule has 1 fully saturated rings. The molecule has 1 saturated heterocycles. The Labute approximate surface area is 172 Å². The number of aryl methyl sites for hydroxylation is 1. The second-order valence-corrected chi connectivity index (χ2v) is 8.31. The smallest absolute Gasteiger partial charge is 0.273 e. The normalized spacial score (nSPS) is 18.4. The van der Waals surface area contributed by atoms with Crippen molar-refractivity contribution in [3.05, 3.63) is 47.3 Å². The Hall–Kier alpha value is -2.38. The van der Waals surface area contributed by atoms with Gasteiger partial charge in [-0.1, -0.05) is 18.2 Å². The standard InChI is InChI=1S/C22H30N4O3/c1-17-6-4-5-7-20(17)28-13-12-25-10-8-22(9-11-25)16-26-18(15-29-22)14-19(23-26)21(27)24(2)3/h4-7,14H,8-13,15-16H2,1-3H3. The number of nitrogens with zero attached hydrogens (tertiary/aromatic N) is 4. The lowest BCUT2D eigenvalue weighted by atomic mass is 9.90. The maximum atomic E-state index is 12.2. The van der Waals surface area contributed by atoms with Crippen LogP contribution in [0.25, 0.3) is 0 Å². The van der Waals surface area contributed by atoms with Crippen LogP contribution in [0.15, 0.2) is 30.3 Å². The van der Waals surface area contributed by atoms with E-state index in [-0.39, 0.29) is 11.5 Å². The summed E-state index contributed by atoms with van der Waals surface area (Å²) >= 11 is 0. The van der Waals surface area contributed by atoms with Crippen LogP contribution in [-0.2, 0) is 17.9 Å². The highest BCUT2D eigenvalue weighted by Gasteiger charge is 2.39. The fraction of sp³-hybridized carbons (Fsp3) is 0.545. The first-order valence-corrected chi connectivity index (χ1v) is 10.3. The highest BCUT2D eigenvalue weighted by molar-refractivity contribution is 5.92. The van der Waals surface area contributed by atoms with Crippen LogP contribution in [0.2, 0.25) is 0 Å². The number of para-hydroxylation sites is 1. The molecule has 0 N–H and O–H groups in total. The van der Waals surface area contributed by atoms with Crippen molar-refractivity contribution < 1.29 is 14.3 Å². The number of fused-ring (bicyclic) bond motifs is 1. The van der Waals surface area contributed by atoms with Crippen molar-refractivity contribution >= 4 is 5.91 Å². The third-order valence-corrected chi connectivity index (χ3v) is 5.98. The van der Waals surface area contributed by atoms with E-state index in [2.05, 4.69) is 23.0 Å². The first kappa shape index (κ1) is 19.9. The second-order valence-electron chi connectivity index (χ2n) is 8.31. The largest absolute Gasteiger partial charge is 0.492 e. The van der Waals surface area contributed by atoms with E-state index in [0.717, 1.165) is 50.5 Å². The van der Waals surface area contributed by atoms with Gasteiger partial charge in [0, 0.05) is 33.7 Å². The van der Waals surface area contributed by atoms with Crippen LogP contribution in [0.1, 0.15) is 34.6 Å². The summed E-state index contributed by atoms with van der Waals surface area (Å²) in [6.45, 7) is 6.88. The number of amides is 1. The van der Waals surface area contributed by atoms with Crippen LogP contribution in [0, 0.1) is 6.92 Å². The molecule has 2 aliphatic rings. The van der Waals surface area contributed by atoms with Gasteiger partial charge in [-0.15, -0.1) is 0 Å². The molecule has 1 spiro atoms. The molecule has 7 nitrogen and oxygen atoms in total. The van der Waals surface area contributed by atoms with Crippen molar-refractivity contribution in [3.63, 3.8) is 0 Å². The lowest BCUT2D eigenvalue weighted by Gasteiger charge is -2.43. The minimum atomic E-state index is -0.176. The fourth-order valence-corrected chi connectivity index (χ4v) is 4.08. The third kappa shape index (κ3) is 4.31. The van der Waals surface area contributed by atoms with E-state index in [0.29, 0.717) is 18.9 Å². The van der Waals surface area contributed by atoms with E-state index < -0.39 is 0 Å². The van der Waals surface area contributed by atoms with Crippen molar-refractivity contribution in [1.82, 2.24) is 19.6 Å². The summed E-state index contributed by atoms with van der Waals surface area (Å²) in [7, 11) is 3.49. The second kappa shape index (κ2) is 8.16. The van der Waals surface area contributed by atoms with Gasteiger partial charge in [0.2, 0.25) is 0 Å². The molecule has 0 saturated carbocycles. The van der Waals surface area contributed by atoms with Crippen molar-refractivity contribution in [1.29, 1.82) is 0 Å². The monoisotopic (exact) mass is 398 g/mol. The number of carbonyl (C=O) groups excluding carboxylic acids is 1. The number of carbonyl (C=O) groups is 1. The van der Waals surface area contributed by atoms with Crippen molar-refractivity contribution in [2.75, 3.05) is 40.3 Å². The van der Waals surface area contributed by atoms with Gasteiger partial charge in [0.15, 0.2) is 5.69 Å². The summed E-state index contributed by atoms with van der Waals surface area (Å²) < 4.78 is 14.2. The average Bonchev–Trinajstić information content (AvgIpc) is 3.13. The zero-order valence-corrected chi connectivity index (χ0v) is 17.6. The Bertz CT molecular complexity index is 869. The van der Waals surface area contributed by atoms with E-state index in [1.807, 2.05) is 28.9 Å². The zero-order valence-electron chi connectivity index (χ0n) is 17.6. The van der Waals surface area contributed by atoms with E-state index in [4.69, 9.17) is 9.47 Å². The van der Waals surface area contributed by atoms with Gasteiger partial charge in [-0.2, -0.15) is 5.10 Å². The zero-order chi connectivity index (χ0) is 20.4. The summed E-state index contributed by atoms with van der Waals surface area (Å²) in [4.78, 5) is 16.2. The summed E-state index contributed by atoms with van der Waals surface area (Å²) in [5.41, 5.74) is 2.47. The van der Waals surface area contributed by atoms with E-state index in [9.17, 15) is 4.79 Å². The van der Waals surface area contributed by atoms with Gasteiger partial charge >= 0.3 is 0 Å². The molecule has 3 heterocycles. The molecule has 0 radical (unpaired) electrons. The molecular weight excluding hydrogens is 368 g/mol. The summed E-state index contributed by atoms with van der Waals surface area (Å²) in [5, 5.41) is 4.54. The molecule has 1 aromatic heterocycles. The van der Waals surface area contributed by atoms with Crippen LogP contribution in [0.5, 0.6) is 5.75 Å². The average molecular weight is 399 g/mol. The van der Waals surface area contributed by atoms with E-state index in [1.54, 1.807) is 19.0 Å². The Balaban J connectivity index is 1.29. The van der Waals surface area contributed by atoms with E-state index >= 15 is 0 Å². The molecule has 29 heavy (non-hydrogen) atoms. The lowest BCUT2D eigenvalue weighted by molar-refractivity contribution is -0.123. The SMILES string of the molecule is Cc1ccccc1OCCN1CCC2(CC1)Cn1nc(C(=O)N(C)C)cc1CO2. The number of hydrogen-bond acceptors (Lipinski definition) is 5. The highest BCUT2D eigenvalue weighted by atomic mass is 16.5. The molecule has 156 valence electrons. The molecule has 0 atom stereocenters. The number of piperidine rings is 1. The van der Waals surface area contributed by atoms with Gasteiger partial charge in [-0.25, -0.2) is 0 Å². The summed E-state index contributed by atoms with van der Waals surface area (Å²) in [5.74, 6) is 0.898. The molecule has 7 heteroatoms. The van der Waals surface area contributed by atoms with E-state index in [1.165, 1.54) is 5.56 Å². The first-order valence-electron chi connectivity index (χ1n) is 10.3. The Morgan fingerprint density at radius 1 is 1.28 bits per heavy atom. The van der Waals surface area contributed by atoms with Gasteiger partial charge in [0.05, 0.1) is 24.4 Å². The molecule has 1 amide bonds. The lowest BCUT2D eigenvalue weighted by Crippen LogP contribution is -2.51. The minimum absolute atomic E-state index is 0.0653. The molecular formula is C22H30N4O3. The molecule has 0 aliphatic carbocycles. The number of rotatable bonds is 5. The van der Waals surface area contributed by atoms with Crippen molar-refractivity contribution in [2.24, 2.45) is 0 Å². The Morgan fingerprint density at radius 2 is 2.03 bits per heavy atom. The molecule has 4 rings (SSSR count). The van der Waals surface area contributed by atoms with Gasteiger partial charge in [0.1, 0.15) is 12.4 Å². The number of ether oxygens (including phenoxy) is 2. The maximum absolute atomic E-state index is 12.2. The molecule has 1 aromatic carbocycles. The topological polar surface area (TPSA) is 59.8 Å². The van der Waals surface area contributed by atoms with Crippen molar-refractivity contribution in [2.45, 2.75) is 38.5 Å². The first-order chi connectivity index (χ1) is 14.0. The number of aromatic nitrogens is 2. The van der Waals surface area contributed by atoms with Crippen LogP contribution >= 0.6 is 0 Å². The molecule has 0 unspecified atom stereocenters. The van der Waals surface area contributed by atoms with Crippen LogP contribution in [0.4, 0.5) is 0 Å². The number of benzene rings is 1. The van der Waals surface area contributed by atoms with Gasteiger partial charge in [-0.05, 0) is 37.5 Å². The van der Waals surface area contributed by atoms with Crippen LogP contribution in [0.3, 0.4) is 0 Å². The third-order valence-electron chi connectivity index (χ3n) is 5.98. The van der Waals surface area contributed by atoms with Gasteiger partial charge in [0.25, 0.3) is 5.91 Å². The van der Waals surface area contributed by atoms with Crippen molar-refractivity contribution in [3.8, 4) is 5.75 Å².